The molecule has 0 aromatic heterocycles. The van der Waals surface area contributed by atoms with Gasteiger partial charge < -0.3 is 14.2 Å². The zero-order chi connectivity index (χ0) is 36.4. The molecule has 0 bridgehead atoms. The van der Waals surface area contributed by atoms with E-state index in [-0.39, 0.29) is 31.1 Å². The van der Waals surface area contributed by atoms with Crippen LogP contribution in [-0.4, -0.2) is 37.2 Å². The highest BCUT2D eigenvalue weighted by Crippen LogP contribution is 2.17. The van der Waals surface area contributed by atoms with Gasteiger partial charge in [-0.3, -0.25) is 14.4 Å². The fraction of sp³-hybridized carbons (Fsp3) is 0.930. The molecule has 0 saturated heterocycles. The highest BCUT2D eigenvalue weighted by atomic mass is 16.6. The van der Waals surface area contributed by atoms with E-state index in [1.54, 1.807) is 0 Å². The van der Waals surface area contributed by atoms with E-state index >= 15 is 0 Å². The second-order valence-corrected chi connectivity index (χ2v) is 15.8. The lowest BCUT2D eigenvalue weighted by Crippen LogP contribution is -2.30. The van der Waals surface area contributed by atoms with E-state index in [1.165, 1.54) is 103 Å². The van der Waals surface area contributed by atoms with Crippen LogP contribution in [0.15, 0.2) is 0 Å². The second kappa shape index (κ2) is 34.8. The number of carbonyl (C=O) groups is 3. The monoisotopic (exact) mass is 695 g/mol. The highest BCUT2D eigenvalue weighted by molar-refractivity contribution is 5.71. The van der Waals surface area contributed by atoms with Crippen molar-refractivity contribution >= 4 is 17.9 Å². The summed E-state index contributed by atoms with van der Waals surface area (Å²) < 4.78 is 16.6. The number of ether oxygens (including phenoxy) is 3. The van der Waals surface area contributed by atoms with Gasteiger partial charge in [-0.05, 0) is 37.0 Å². The SMILES string of the molecule is CCC(C)CCCCCCCCCCC(=O)OC[C@@H](COC(=O)CCCCCCCCCC(C)C)OC(=O)CCCCCCCCC(C)C. The van der Waals surface area contributed by atoms with Gasteiger partial charge in [0.15, 0.2) is 6.10 Å². The van der Waals surface area contributed by atoms with Crippen LogP contribution in [0.25, 0.3) is 0 Å². The summed E-state index contributed by atoms with van der Waals surface area (Å²) in [5, 5.41) is 0. The van der Waals surface area contributed by atoms with Gasteiger partial charge >= 0.3 is 17.9 Å². The highest BCUT2D eigenvalue weighted by Gasteiger charge is 2.19. The third-order valence-corrected chi connectivity index (χ3v) is 9.76. The number of carbonyl (C=O) groups excluding carboxylic acids is 3. The van der Waals surface area contributed by atoms with E-state index < -0.39 is 6.10 Å². The summed E-state index contributed by atoms with van der Waals surface area (Å²) >= 11 is 0. The molecule has 0 N–H and O–H groups in total. The molecule has 0 aromatic rings. The minimum Gasteiger partial charge on any atom is -0.462 e. The quantitative estimate of drug-likeness (QED) is 0.0369. The van der Waals surface area contributed by atoms with Crippen molar-refractivity contribution in [3.8, 4) is 0 Å². The molecule has 2 atom stereocenters. The Kier molecular flexibility index (Phi) is 33.7. The van der Waals surface area contributed by atoms with Crippen molar-refractivity contribution in [1.82, 2.24) is 0 Å². The van der Waals surface area contributed by atoms with Crippen LogP contribution >= 0.6 is 0 Å². The zero-order valence-electron chi connectivity index (χ0n) is 33.5. The molecule has 0 aromatic carbocycles. The Labute approximate surface area is 304 Å². The van der Waals surface area contributed by atoms with Crippen molar-refractivity contribution < 1.29 is 28.6 Å². The summed E-state index contributed by atoms with van der Waals surface area (Å²) in [5.41, 5.74) is 0. The van der Waals surface area contributed by atoms with Crippen LogP contribution in [0.1, 0.15) is 221 Å². The molecule has 0 amide bonds. The fourth-order valence-corrected chi connectivity index (χ4v) is 6.14. The van der Waals surface area contributed by atoms with E-state index in [2.05, 4.69) is 41.5 Å². The molecule has 0 aliphatic heterocycles. The van der Waals surface area contributed by atoms with E-state index in [0.717, 1.165) is 75.5 Å². The van der Waals surface area contributed by atoms with E-state index in [0.29, 0.717) is 19.3 Å². The minimum absolute atomic E-state index is 0.0683. The maximum absolute atomic E-state index is 12.6. The van der Waals surface area contributed by atoms with Crippen LogP contribution in [0, 0.1) is 17.8 Å². The Balaban J connectivity index is 4.36. The molecular formula is C43H82O6. The van der Waals surface area contributed by atoms with Gasteiger partial charge in [-0.15, -0.1) is 0 Å². The maximum atomic E-state index is 12.6. The van der Waals surface area contributed by atoms with Crippen LogP contribution in [-0.2, 0) is 28.6 Å². The van der Waals surface area contributed by atoms with Crippen molar-refractivity contribution in [2.75, 3.05) is 13.2 Å². The Morgan fingerprint density at radius 3 is 1.06 bits per heavy atom. The normalized spacial score (nSPS) is 12.7. The van der Waals surface area contributed by atoms with Crippen LogP contribution < -0.4 is 0 Å². The van der Waals surface area contributed by atoms with Gasteiger partial charge in [-0.25, -0.2) is 0 Å². The predicted octanol–water partition coefficient (Wildman–Crippen LogP) is 12.9. The molecule has 0 saturated carbocycles. The molecule has 0 rings (SSSR count). The second-order valence-electron chi connectivity index (χ2n) is 15.8. The molecule has 0 aliphatic rings. The lowest BCUT2D eigenvalue weighted by molar-refractivity contribution is -0.167. The molecule has 290 valence electrons. The van der Waals surface area contributed by atoms with Gasteiger partial charge in [0, 0.05) is 19.3 Å². The first-order chi connectivity index (χ1) is 23.6. The van der Waals surface area contributed by atoms with Crippen LogP contribution in [0.3, 0.4) is 0 Å². The van der Waals surface area contributed by atoms with Gasteiger partial charge in [0.05, 0.1) is 0 Å². The fourth-order valence-electron chi connectivity index (χ4n) is 6.14. The summed E-state index contributed by atoms with van der Waals surface area (Å²) in [6.07, 6.45) is 29.6. The Bertz CT molecular complexity index is 763. The molecule has 6 nitrogen and oxygen atoms in total. The van der Waals surface area contributed by atoms with E-state index in [1.807, 2.05) is 0 Å². The third-order valence-electron chi connectivity index (χ3n) is 9.76. The number of hydrogen-bond acceptors (Lipinski definition) is 6. The smallest absolute Gasteiger partial charge is 0.306 e. The average molecular weight is 695 g/mol. The summed E-state index contributed by atoms with van der Waals surface area (Å²) in [4.78, 5) is 37.5. The van der Waals surface area contributed by atoms with Gasteiger partial charge in [0.2, 0.25) is 0 Å². The minimum atomic E-state index is -0.761. The van der Waals surface area contributed by atoms with Crippen LogP contribution in [0.5, 0.6) is 0 Å². The maximum Gasteiger partial charge on any atom is 0.306 e. The van der Waals surface area contributed by atoms with Crippen molar-refractivity contribution in [3.63, 3.8) is 0 Å². The van der Waals surface area contributed by atoms with Gasteiger partial charge in [0.25, 0.3) is 0 Å². The molecule has 0 fully saturated rings. The molecule has 1 unspecified atom stereocenters. The number of hydrogen-bond donors (Lipinski definition) is 0. The van der Waals surface area contributed by atoms with Crippen molar-refractivity contribution in [2.24, 2.45) is 17.8 Å². The zero-order valence-corrected chi connectivity index (χ0v) is 33.5. The largest absolute Gasteiger partial charge is 0.462 e. The van der Waals surface area contributed by atoms with E-state index in [4.69, 9.17) is 14.2 Å². The molecule has 49 heavy (non-hydrogen) atoms. The van der Waals surface area contributed by atoms with Crippen molar-refractivity contribution in [3.05, 3.63) is 0 Å². The predicted molar refractivity (Wildman–Crippen MR) is 206 cm³/mol. The van der Waals surface area contributed by atoms with Crippen molar-refractivity contribution in [2.45, 2.75) is 227 Å². The summed E-state index contributed by atoms with van der Waals surface area (Å²) in [6, 6.07) is 0. The van der Waals surface area contributed by atoms with Gasteiger partial charge in [-0.2, -0.15) is 0 Å². The molecular weight excluding hydrogens is 612 g/mol. The number of esters is 3. The first kappa shape index (κ1) is 47.4. The first-order valence-electron chi connectivity index (χ1n) is 21.1. The van der Waals surface area contributed by atoms with Gasteiger partial charge in [0.1, 0.15) is 13.2 Å². The number of unbranched alkanes of at least 4 members (excludes halogenated alkanes) is 18. The molecule has 0 radical (unpaired) electrons. The lowest BCUT2D eigenvalue weighted by atomic mass is 9.99. The Hall–Kier alpha value is -1.59. The summed E-state index contributed by atoms with van der Waals surface area (Å²) in [6.45, 7) is 13.5. The standard InChI is InChI=1S/C43H82O6/c1-7-39(6)31-25-19-12-8-9-13-20-26-32-41(44)47-35-40(49-43(46)34-28-22-16-15-18-24-30-38(4)5)36-48-42(45)33-27-21-14-10-11-17-23-29-37(2)3/h37-40H,7-36H2,1-6H3/t39?,40-/m0/s1. The van der Waals surface area contributed by atoms with Crippen molar-refractivity contribution in [1.29, 1.82) is 0 Å². The summed E-state index contributed by atoms with van der Waals surface area (Å²) in [5.74, 6) is 1.51. The third kappa shape index (κ3) is 36.0. The molecule has 0 aliphatic carbocycles. The van der Waals surface area contributed by atoms with Gasteiger partial charge in [-0.1, -0.05) is 183 Å². The first-order valence-corrected chi connectivity index (χ1v) is 21.1. The average Bonchev–Trinajstić information content (AvgIpc) is 3.06. The topological polar surface area (TPSA) is 78.9 Å². The lowest BCUT2D eigenvalue weighted by Gasteiger charge is -2.18. The van der Waals surface area contributed by atoms with Crippen LogP contribution in [0.4, 0.5) is 0 Å². The molecule has 0 heterocycles. The Morgan fingerprint density at radius 2 is 0.714 bits per heavy atom. The van der Waals surface area contributed by atoms with Crippen LogP contribution in [0.2, 0.25) is 0 Å². The molecule has 6 heteroatoms. The number of rotatable bonds is 36. The molecule has 0 spiro atoms. The van der Waals surface area contributed by atoms with E-state index in [9.17, 15) is 14.4 Å². The summed E-state index contributed by atoms with van der Waals surface area (Å²) in [7, 11) is 0. The Morgan fingerprint density at radius 1 is 0.408 bits per heavy atom.